The molecule has 88 valence electrons. The number of nitrogens with zero attached hydrogens (tertiary/aromatic N) is 2. The molecule has 0 radical (unpaired) electrons. The molecule has 1 fully saturated rings. The van der Waals surface area contributed by atoms with Crippen molar-refractivity contribution < 1.29 is 4.74 Å². The first kappa shape index (κ1) is 11.3. The van der Waals surface area contributed by atoms with Crippen molar-refractivity contribution in [3.63, 3.8) is 0 Å². The maximum absolute atomic E-state index is 5.56. The Morgan fingerprint density at radius 3 is 2.81 bits per heavy atom. The molecule has 4 heteroatoms. The molecule has 0 aliphatic heterocycles. The van der Waals surface area contributed by atoms with Crippen molar-refractivity contribution in [1.29, 1.82) is 0 Å². The molecule has 0 spiro atoms. The molecule has 1 heterocycles. The van der Waals surface area contributed by atoms with Crippen LogP contribution in [0.3, 0.4) is 0 Å². The predicted octanol–water partition coefficient (Wildman–Crippen LogP) is 1.64. The maximum atomic E-state index is 5.56. The van der Waals surface area contributed by atoms with Gasteiger partial charge in [0.2, 0.25) is 5.88 Å². The van der Waals surface area contributed by atoms with Crippen molar-refractivity contribution in [1.82, 2.24) is 9.97 Å². The molecule has 1 saturated carbocycles. The van der Waals surface area contributed by atoms with Gasteiger partial charge in [0.25, 0.3) is 0 Å². The summed E-state index contributed by atoms with van der Waals surface area (Å²) in [7, 11) is 1.67. The van der Waals surface area contributed by atoms with Gasteiger partial charge in [0.15, 0.2) is 0 Å². The summed E-state index contributed by atoms with van der Waals surface area (Å²) in [5.74, 6) is 1.34. The Bertz CT molecular complexity index is 350. The zero-order chi connectivity index (χ0) is 11.4. The topological polar surface area (TPSA) is 61.0 Å². The molecule has 0 saturated heterocycles. The normalized spacial score (nSPS) is 15.9. The SMILES string of the molecule is COc1ncnc(C2CCC2)c1CCCN. The van der Waals surface area contributed by atoms with Gasteiger partial charge in [-0.1, -0.05) is 6.42 Å². The van der Waals surface area contributed by atoms with E-state index in [-0.39, 0.29) is 0 Å². The average molecular weight is 221 g/mol. The van der Waals surface area contributed by atoms with Crippen LogP contribution in [-0.2, 0) is 6.42 Å². The van der Waals surface area contributed by atoms with Crippen LogP contribution in [0.2, 0.25) is 0 Å². The minimum atomic E-state index is 0.615. The van der Waals surface area contributed by atoms with Crippen molar-refractivity contribution in [2.75, 3.05) is 13.7 Å². The van der Waals surface area contributed by atoms with Gasteiger partial charge in [0.1, 0.15) is 6.33 Å². The first-order valence-electron chi connectivity index (χ1n) is 5.94. The Morgan fingerprint density at radius 2 is 2.25 bits per heavy atom. The number of rotatable bonds is 5. The smallest absolute Gasteiger partial charge is 0.219 e. The van der Waals surface area contributed by atoms with E-state index in [0.717, 1.165) is 18.7 Å². The van der Waals surface area contributed by atoms with Gasteiger partial charge in [-0.15, -0.1) is 0 Å². The van der Waals surface area contributed by atoms with Crippen LogP contribution in [0.5, 0.6) is 5.88 Å². The molecular weight excluding hydrogens is 202 g/mol. The Labute approximate surface area is 96.2 Å². The van der Waals surface area contributed by atoms with Crippen molar-refractivity contribution in [3.8, 4) is 5.88 Å². The molecule has 16 heavy (non-hydrogen) atoms. The van der Waals surface area contributed by atoms with Crippen LogP contribution < -0.4 is 10.5 Å². The molecule has 0 unspecified atom stereocenters. The van der Waals surface area contributed by atoms with Crippen LogP contribution in [0.15, 0.2) is 6.33 Å². The van der Waals surface area contributed by atoms with E-state index in [1.165, 1.54) is 30.5 Å². The summed E-state index contributed by atoms with van der Waals surface area (Å²) in [6, 6.07) is 0. The molecule has 0 aromatic carbocycles. The summed E-state index contributed by atoms with van der Waals surface area (Å²) in [4.78, 5) is 8.61. The molecule has 0 amide bonds. The Balaban J connectivity index is 2.26. The van der Waals surface area contributed by atoms with Crippen LogP contribution >= 0.6 is 0 Å². The highest BCUT2D eigenvalue weighted by molar-refractivity contribution is 5.33. The van der Waals surface area contributed by atoms with Crippen LogP contribution in [-0.4, -0.2) is 23.6 Å². The van der Waals surface area contributed by atoms with Gasteiger partial charge < -0.3 is 10.5 Å². The van der Waals surface area contributed by atoms with Gasteiger partial charge in [-0.25, -0.2) is 9.97 Å². The van der Waals surface area contributed by atoms with Gasteiger partial charge >= 0.3 is 0 Å². The highest BCUT2D eigenvalue weighted by atomic mass is 16.5. The fourth-order valence-electron chi connectivity index (χ4n) is 2.13. The van der Waals surface area contributed by atoms with Crippen LogP contribution in [0.1, 0.15) is 42.9 Å². The fraction of sp³-hybridized carbons (Fsp3) is 0.667. The Morgan fingerprint density at radius 1 is 1.44 bits per heavy atom. The zero-order valence-corrected chi connectivity index (χ0v) is 9.78. The number of methoxy groups -OCH3 is 1. The van der Waals surface area contributed by atoms with E-state index in [1.807, 2.05) is 0 Å². The van der Waals surface area contributed by atoms with Gasteiger partial charge in [-0.2, -0.15) is 0 Å². The molecule has 1 aliphatic carbocycles. The first-order chi connectivity index (χ1) is 7.86. The van der Waals surface area contributed by atoms with E-state index < -0.39 is 0 Å². The molecule has 0 atom stereocenters. The third kappa shape index (κ3) is 2.16. The minimum absolute atomic E-state index is 0.615. The van der Waals surface area contributed by atoms with E-state index >= 15 is 0 Å². The summed E-state index contributed by atoms with van der Waals surface area (Å²) < 4.78 is 5.31. The summed E-state index contributed by atoms with van der Waals surface area (Å²) in [6.07, 6.45) is 7.30. The lowest BCUT2D eigenvalue weighted by Gasteiger charge is -2.27. The van der Waals surface area contributed by atoms with Crippen LogP contribution in [0.25, 0.3) is 0 Å². The largest absolute Gasteiger partial charge is 0.481 e. The number of hydrogen-bond donors (Lipinski definition) is 1. The van der Waals surface area contributed by atoms with Gasteiger partial charge in [-0.05, 0) is 32.2 Å². The number of ether oxygens (including phenoxy) is 1. The van der Waals surface area contributed by atoms with E-state index in [2.05, 4.69) is 9.97 Å². The predicted molar refractivity (Wildman–Crippen MR) is 62.6 cm³/mol. The second-order valence-electron chi connectivity index (χ2n) is 4.27. The van der Waals surface area contributed by atoms with Crippen molar-refractivity contribution >= 4 is 0 Å². The molecule has 1 aliphatic rings. The summed E-state index contributed by atoms with van der Waals surface area (Å²) in [6.45, 7) is 0.697. The number of nitrogens with two attached hydrogens (primary N) is 1. The lowest BCUT2D eigenvalue weighted by molar-refractivity contribution is 0.375. The second-order valence-corrected chi connectivity index (χ2v) is 4.27. The zero-order valence-electron chi connectivity index (χ0n) is 9.78. The highest BCUT2D eigenvalue weighted by Gasteiger charge is 2.25. The molecule has 0 bridgehead atoms. The molecule has 2 N–H and O–H groups in total. The van der Waals surface area contributed by atoms with Crippen molar-refractivity contribution in [3.05, 3.63) is 17.6 Å². The number of hydrogen-bond acceptors (Lipinski definition) is 4. The molecular formula is C12H19N3O. The first-order valence-corrected chi connectivity index (χ1v) is 5.94. The van der Waals surface area contributed by atoms with E-state index in [1.54, 1.807) is 13.4 Å². The van der Waals surface area contributed by atoms with E-state index in [0.29, 0.717) is 12.5 Å². The Hall–Kier alpha value is -1.16. The van der Waals surface area contributed by atoms with Crippen molar-refractivity contribution in [2.45, 2.75) is 38.0 Å². The molecule has 1 aromatic rings. The maximum Gasteiger partial charge on any atom is 0.219 e. The van der Waals surface area contributed by atoms with Gasteiger partial charge in [-0.3, -0.25) is 0 Å². The van der Waals surface area contributed by atoms with E-state index in [9.17, 15) is 0 Å². The highest BCUT2D eigenvalue weighted by Crippen LogP contribution is 2.38. The minimum Gasteiger partial charge on any atom is -0.481 e. The lowest BCUT2D eigenvalue weighted by Crippen LogP contribution is -2.15. The summed E-state index contributed by atoms with van der Waals surface area (Å²) in [5.41, 5.74) is 7.91. The quantitative estimate of drug-likeness (QED) is 0.821. The molecule has 1 aromatic heterocycles. The summed E-state index contributed by atoms with van der Waals surface area (Å²) >= 11 is 0. The van der Waals surface area contributed by atoms with Gasteiger partial charge in [0, 0.05) is 11.5 Å². The molecule has 4 nitrogen and oxygen atoms in total. The third-order valence-corrected chi connectivity index (χ3v) is 3.26. The lowest BCUT2D eigenvalue weighted by atomic mass is 9.80. The van der Waals surface area contributed by atoms with Gasteiger partial charge in [0.05, 0.1) is 12.8 Å². The summed E-state index contributed by atoms with van der Waals surface area (Å²) in [5, 5.41) is 0. The van der Waals surface area contributed by atoms with Crippen LogP contribution in [0.4, 0.5) is 0 Å². The fourth-order valence-corrected chi connectivity index (χ4v) is 2.13. The molecule has 2 rings (SSSR count). The Kier molecular flexibility index (Phi) is 3.72. The van der Waals surface area contributed by atoms with Crippen LogP contribution in [0, 0.1) is 0 Å². The van der Waals surface area contributed by atoms with Crippen molar-refractivity contribution in [2.24, 2.45) is 5.73 Å². The standard InChI is InChI=1S/C12H19N3O/c1-16-12-10(6-3-7-13)11(14-8-15-12)9-4-2-5-9/h8-9H,2-7,13H2,1H3. The third-order valence-electron chi connectivity index (χ3n) is 3.26. The van der Waals surface area contributed by atoms with E-state index in [4.69, 9.17) is 10.5 Å². The number of aromatic nitrogens is 2. The monoisotopic (exact) mass is 221 g/mol. The average Bonchev–Trinajstić information content (AvgIpc) is 2.24. The second kappa shape index (κ2) is 5.25.